The van der Waals surface area contributed by atoms with Crippen LogP contribution in [0.2, 0.25) is 0 Å². The summed E-state index contributed by atoms with van der Waals surface area (Å²) in [6.07, 6.45) is 3.84. The fourth-order valence-corrected chi connectivity index (χ4v) is 1.77. The first-order chi connectivity index (χ1) is 6.29. The Balaban J connectivity index is 1.95. The lowest BCUT2D eigenvalue weighted by molar-refractivity contribution is 0.138. The Hall–Kier alpha value is 0.140. The molecule has 1 aliphatic heterocycles. The van der Waals surface area contributed by atoms with E-state index in [0.717, 1.165) is 17.0 Å². The van der Waals surface area contributed by atoms with Gasteiger partial charge in [-0.1, -0.05) is 22.5 Å². The van der Waals surface area contributed by atoms with Gasteiger partial charge in [-0.25, -0.2) is 0 Å². The molecule has 13 heavy (non-hydrogen) atoms. The number of piperidine rings is 1. The molecule has 3 heteroatoms. The first-order valence-corrected chi connectivity index (χ1v) is 5.70. The summed E-state index contributed by atoms with van der Waals surface area (Å²) < 4.78 is 6.35. The summed E-state index contributed by atoms with van der Waals surface area (Å²) in [7, 11) is 0. The number of ether oxygens (including phenoxy) is 1. The van der Waals surface area contributed by atoms with E-state index in [-0.39, 0.29) is 0 Å². The molecule has 0 aliphatic carbocycles. The van der Waals surface area contributed by atoms with Crippen LogP contribution in [0.4, 0.5) is 0 Å². The summed E-state index contributed by atoms with van der Waals surface area (Å²) in [5, 5.41) is 3.40. The molecule has 1 N–H and O–H groups in total. The second kappa shape index (κ2) is 6.57. The highest BCUT2D eigenvalue weighted by Crippen LogP contribution is 2.14. The predicted molar refractivity (Wildman–Crippen MR) is 59.1 cm³/mol. The van der Waals surface area contributed by atoms with Crippen LogP contribution in [0, 0.1) is 5.92 Å². The molecule has 2 nitrogen and oxygen atoms in total. The Morgan fingerprint density at radius 2 is 2.46 bits per heavy atom. The lowest BCUT2D eigenvalue weighted by atomic mass is 9.97. The Kier molecular flexibility index (Phi) is 5.67. The Bertz CT molecular complexity index is 155. The molecule has 0 spiro atoms. The topological polar surface area (TPSA) is 21.3 Å². The van der Waals surface area contributed by atoms with Crippen molar-refractivity contribution in [3.63, 3.8) is 0 Å². The minimum atomic E-state index is 0.639. The van der Waals surface area contributed by atoms with Crippen molar-refractivity contribution >= 4 is 15.9 Å². The summed E-state index contributed by atoms with van der Waals surface area (Å²) in [6.45, 7) is 7.57. The smallest absolute Gasteiger partial charge is 0.0775 e. The zero-order valence-corrected chi connectivity index (χ0v) is 9.61. The highest BCUT2D eigenvalue weighted by Gasteiger charge is 2.11. The number of halogens is 1. The summed E-state index contributed by atoms with van der Waals surface area (Å²) >= 11 is 3.27. The summed E-state index contributed by atoms with van der Waals surface area (Å²) in [5.74, 6) is 0.817. The molecule has 0 aromatic heterocycles. The molecule has 0 bridgehead atoms. The van der Waals surface area contributed by atoms with Gasteiger partial charge in [0.1, 0.15) is 0 Å². The molecule has 1 unspecified atom stereocenters. The highest BCUT2D eigenvalue weighted by molar-refractivity contribution is 9.11. The van der Waals surface area contributed by atoms with E-state index in [1.807, 2.05) is 0 Å². The van der Waals surface area contributed by atoms with Crippen LogP contribution in [0.3, 0.4) is 0 Å². The van der Waals surface area contributed by atoms with Crippen molar-refractivity contribution in [2.45, 2.75) is 19.3 Å². The second-order valence-electron chi connectivity index (χ2n) is 3.57. The predicted octanol–water partition coefficient (Wildman–Crippen LogP) is 2.30. The lowest BCUT2D eigenvalue weighted by Gasteiger charge is -2.22. The second-order valence-corrected chi connectivity index (χ2v) is 4.69. The molecule has 1 rings (SSSR count). The first-order valence-electron chi connectivity index (χ1n) is 4.91. The Labute approximate surface area is 88.9 Å². The fraction of sp³-hybridized carbons (Fsp3) is 0.800. The molecule has 1 saturated heterocycles. The maximum Gasteiger partial charge on any atom is 0.0775 e. The fourth-order valence-electron chi connectivity index (χ4n) is 1.60. The monoisotopic (exact) mass is 247 g/mol. The standard InChI is InChI=1S/C10H18BrNO/c1-9(11)8-13-6-4-10-3-2-5-12-7-10/h10,12H,1-8H2. The van der Waals surface area contributed by atoms with E-state index in [1.165, 1.54) is 32.4 Å². The molecule has 1 heterocycles. The van der Waals surface area contributed by atoms with E-state index >= 15 is 0 Å². The van der Waals surface area contributed by atoms with Gasteiger partial charge in [0.05, 0.1) is 6.61 Å². The Morgan fingerprint density at radius 3 is 3.08 bits per heavy atom. The minimum Gasteiger partial charge on any atom is -0.376 e. The van der Waals surface area contributed by atoms with Crippen LogP contribution >= 0.6 is 15.9 Å². The molecule has 1 atom stereocenters. The van der Waals surface area contributed by atoms with Crippen molar-refractivity contribution in [2.75, 3.05) is 26.3 Å². The van der Waals surface area contributed by atoms with Crippen molar-refractivity contribution in [3.8, 4) is 0 Å². The third-order valence-electron chi connectivity index (χ3n) is 2.33. The largest absolute Gasteiger partial charge is 0.376 e. The molecule has 0 saturated carbocycles. The van der Waals surface area contributed by atoms with E-state index in [2.05, 4.69) is 27.8 Å². The van der Waals surface area contributed by atoms with Crippen LogP contribution in [0.1, 0.15) is 19.3 Å². The third-order valence-corrected chi connectivity index (χ3v) is 2.56. The molecule has 0 amide bonds. The number of rotatable bonds is 5. The van der Waals surface area contributed by atoms with Crippen LogP contribution in [-0.4, -0.2) is 26.3 Å². The first kappa shape index (κ1) is 11.2. The summed E-state index contributed by atoms with van der Waals surface area (Å²) in [6, 6.07) is 0. The molecule has 76 valence electrons. The van der Waals surface area contributed by atoms with Crippen molar-refractivity contribution in [3.05, 3.63) is 11.1 Å². The maximum atomic E-state index is 5.42. The molecule has 0 aromatic carbocycles. The van der Waals surface area contributed by atoms with Crippen LogP contribution < -0.4 is 5.32 Å². The molecule has 0 radical (unpaired) electrons. The van der Waals surface area contributed by atoms with Crippen molar-refractivity contribution in [1.29, 1.82) is 0 Å². The van der Waals surface area contributed by atoms with Gasteiger partial charge in [-0.15, -0.1) is 0 Å². The van der Waals surface area contributed by atoms with Crippen molar-refractivity contribution < 1.29 is 4.74 Å². The van der Waals surface area contributed by atoms with E-state index in [9.17, 15) is 0 Å². The quantitative estimate of drug-likeness (QED) is 0.754. The number of hydrogen-bond donors (Lipinski definition) is 1. The van der Waals surface area contributed by atoms with Gasteiger partial charge in [0.2, 0.25) is 0 Å². The van der Waals surface area contributed by atoms with E-state index in [1.54, 1.807) is 0 Å². The van der Waals surface area contributed by atoms with Crippen LogP contribution in [0.5, 0.6) is 0 Å². The minimum absolute atomic E-state index is 0.639. The average molecular weight is 248 g/mol. The molecular weight excluding hydrogens is 230 g/mol. The van der Waals surface area contributed by atoms with Gasteiger partial charge in [0.25, 0.3) is 0 Å². The van der Waals surface area contributed by atoms with Gasteiger partial charge >= 0.3 is 0 Å². The maximum absolute atomic E-state index is 5.42. The Morgan fingerprint density at radius 1 is 1.62 bits per heavy atom. The van der Waals surface area contributed by atoms with Gasteiger partial charge in [-0.2, -0.15) is 0 Å². The van der Waals surface area contributed by atoms with Crippen LogP contribution in [0.15, 0.2) is 11.1 Å². The van der Waals surface area contributed by atoms with Crippen molar-refractivity contribution in [2.24, 2.45) is 5.92 Å². The molecule has 1 aliphatic rings. The van der Waals surface area contributed by atoms with E-state index in [0.29, 0.717) is 6.61 Å². The van der Waals surface area contributed by atoms with E-state index < -0.39 is 0 Å². The SMILES string of the molecule is C=C(Br)COCCC1CCCNC1. The summed E-state index contributed by atoms with van der Waals surface area (Å²) in [5.41, 5.74) is 0. The lowest BCUT2D eigenvalue weighted by Crippen LogP contribution is -2.30. The van der Waals surface area contributed by atoms with Crippen LogP contribution in [-0.2, 0) is 4.74 Å². The van der Waals surface area contributed by atoms with Gasteiger partial charge in [0.15, 0.2) is 0 Å². The van der Waals surface area contributed by atoms with Crippen molar-refractivity contribution in [1.82, 2.24) is 5.32 Å². The molecular formula is C10H18BrNO. The van der Waals surface area contributed by atoms with E-state index in [4.69, 9.17) is 4.74 Å². The van der Waals surface area contributed by atoms with Gasteiger partial charge in [-0.05, 0) is 38.3 Å². The third kappa shape index (κ3) is 5.45. The van der Waals surface area contributed by atoms with Crippen LogP contribution in [0.25, 0.3) is 0 Å². The van der Waals surface area contributed by atoms with Gasteiger partial charge in [0, 0.05) is 11.1 Å². The zero-order valence-electron chi connectivity index (χ0n) is 8.02. The molecule has 0 aromatic rings. The zero-order chi connectivity index (χ0) is 9.52. The number of hydrogen-bond acceptors (Lipinski definition) is 2. The summed E-state index contributed by atoms with van der Waals surface area (Å²) in [4.78, 5) is 0. The van der Waals surface area contributed by atoms with Gasteiger partial charge in [-0.3, -0.25) is 0 Å². The number of nitrogens with one attached hydrogen (secondary N) is 1. The van der Waals surface area contributed by atoms with Gasteiger partial charge < -0.3 is 10.1 Å². The average Bonchev–Trinajstić information content (AvgIpc) is 2.14. The normalized spacial score (nSPS) is 23.0. The highest BCUT2D eigenvalue weighted by atomic mass is 79.9. The molecule has 1 fully saturated rings.